The molecule has 1 amide bonds. The van der Waals surface area contributed by atoms with E-state index in [0.29, 0.717) is 25.8 Å². The van der Waals surface area contributed by atoms with Crippen LogP contribution in [0, 0.1) is 55.7 Å². The lowest BCUT2D eigenvalue weighted by Crippen LogP contribution is -2.74. The highest BCUT2D eigenvalue weighted by molar-refractivity contribution is 6.05. The zero-order valence-corrected chi connectivity index (χ0v) is 26.7. The number of rotatable bonds is 3. The van der Waals surface area contributed by atoms with Crippen molar-refractivity contribution in [2.75, 3.05) is 0 Å². The van der Waals surface area contributed by atoms with Crippen molar-refractivity contribution in [1.29, 1.82) is 5.26 Å². The number of nitriles is 1. The van der Waals surface area contributed by atoms with E-state index in [2.05, 4.69) is 49.3 Å². The quantitative estimate of drug-likeness (QED) is 0.436. The van der Waals surface area contributed by atoms with Gasteiger partial charge in [-0.05, 0) is 73.3 Å². The third kappa shape index (κ3) is 3.64. The fourth-order valence-corrected chi connectivity index (χ4v) is 10.7. The van der Waals surface area contributed by atoms with Crippen molar-refractivity contribution in [3.8, 4) is 6.07 Å². The van der Waals surface area contributed by atoms with Crippen LogP contribution < -0.4 is 5.32 Å². The molecule has 6 rings (SSSR count). The molecule has 8 atom stereocenters. The molecule has 3 fully saturated rings. The Morgan fingerprint density at radius 3 is 2.42 bits per heavy atom. The number of carbonyl (C=O) groups is 3. The van der Waals surface area contributed by atoms with Crippen molar-refractivity contribution >= 4 is 17.5 Å². The summed E-state index contributed by atoms with van der Waals surface area (Å²) in [5, 5.41) is 32.8. The van der Waals surface area contributed by atoms with Crippen molar-refractivity contribution in [2.24, 2.45) is 44.3 Å². The molecule has 0 aromatic carbocycles. The van der Waals surface area contributed by atoms with Crippen molar-refractivity contribution in [3.63, 3.8) is 0 Å². The molecule has 0 aliphatic heterocycles. The van der Waals surface area contributed by atoms with Gasteiger partial charge >= 0.3 is 0 Å². The number of fused-ring (bicyclic) bond motifs is 7. The summed E-state index contributed by atoms with van der Waals surface area (Å²) in [6, 6.07) is 2.15. The molecular weight excluding hydrogens is 540 g/mol. The van der Waals surface area contributed by atoms with Crippen LogP contribution in [0.3, 0.4) is 0 Å². The highest BCUT2D eigenvalue weighted by atomic mass is 16.3. The van der Waals surface area contributed by atoms with E-state index < -0.39 is 32.7 Å². The Hall–Kier alpha value is -3.05. The predicted octanol–water partition coefficient (Wildman–Crippen LogP) is 5.36. The van der Waals surface area contributed by atoms with Crippen LogP contribution in [0.4, 0.5) is 0 Å². The van der Waals surface area contributed by atoms with E-state index >= 15 is 0 Å². The molecule has 230 valence electrons. The molecule has 5 aliphatic carbocycles. The van der Waals surface area contributed by atoms with E-state index in [9.17, 15) is 24.8 Å². The van der Waals surface area contributed by atoms with Crippen molar-refractivity contribution < 1.29 is 19.5 Å². The van der Waals surface area contributed by atoms with Crippen molar-refractivity contribution in [3.05, 3.63) is 41.3 Å². The van der Waals surface area contributed by atoms with E-state index in [1.54, 1.807) is 18.5 Å². The van der Waals surface area contributed by atoms with E-state index in [1.165, 1.54) is 0 Å². The van der Waals surface area contributed by atoms with Gasteiger partial charge in [0.1, 0.15) is 11.7 Å². The van der Waals surface area contributed by atoms with Gasteiger partial charge in [0.05, 0.1) is 11.8 Å². The lowest BCUT2D eigenvalue weighted by atomic mass is 9.33. The Morgan fingerprint density at radius 2 is 1.77 bits per heavy atom. The number of hydrogen-bond donors (Lipinski definition) is 3. The fourth-order valence-electron chi connectivity index (χ4n) is 10.7. The Bertz CT molecular complexity index is 1520. The number of nitrogens with zero attached hydrogens (tertiary/aromatic N) is 2. The summed E-state index contributed by atoms with van der Waals surface area (Å²) in [5.41, 5.74) is -3.37. The zero-order chi connectivity index (χ0) is 31.4. The average Bonchev–Trinajstić information content (AvgIpc) is 3.48. The first-order valence-electron chi connectivity index (χ1n) is 15.9. The van der Waals surface area contributed by atoms with E-state index in [4.69, 9.17) is 0 Å². The summed E-state index contributed by atoms with van der Waals surface area (Å²) >= 11 is 0. The molecule has 0 radical (unpaired) electrons. The van der Waals surface area contributed by atoms with E-state index in [-0.39, 0.29) is 40.3 Å². The van der Waals surface area contributed by atoms with Crippen LogP contribution in [0.2, 0.25) is 0 Å². The monoisotopic (exact) mass is 586 g/mol. The zero-order valence-electron chi connectivity index (χ0n) is 26.7. The summed E-state index contributed by atoms with van der Waals surface area (Å²) in [5.74, 6) is -0.928. The number of ketones is 2. The summed E-state index contributed by atoms with van der Waals surface area (Å²) in [6.45, 7) is 14.8. The minimum absolute atomic E-state index is 0.0581. The molecule has 5 aliphatic rings. The van der Waals surface area contributed by atoms with Gasteiger partial charge in [0.15, 0.2) is 11.6 Å². The number of aromatic amines is 1. The summed E-state index contributed by atoms with van der Waals surface area (Å²) < 4.78 is 0. The Balaban J connectivity index is 1.43. The number of hydrogen-bond acceptors (Lipinski definition) is 6. The predicted molar refractivity (Wildman–Crippen MR) is 161 cm³/mol. The molecule has 1 aromatic heterocycles. The third-order valence-electron chi connectivity index (χ3n) is 13.8. The average molecular weight is 587 g/mol. The fraction of sp³-hybridized carbons (Fsp3) is 0.686. The smallest absolute Gasteiger partial charge is 0.226 e. The minimum Gasteiger partial charge on any atom is -0.381 e. The van der Waals surface area contributed by atoms with E-state index in [0.717, 1.165) is 36.8 Å². The van der Waals surface area contributed by atoms with Gasteiger partial charge < -0.3 is 10.4 Å². The highest BCUT2D eigenvalue weighted by Gasteiger charge is 2.75. The van der Waals surface area contributed by atoms with Gasteiger partial charge in [0.2, 0.25) is 5.91 Å². The second-order valence-electron chi connectivity index (χ2n) is 16.2. The number of aromatic nitrogens is 2. The standard InChI is InChI=1S/C35H46N4O4/c1-29(2)23-8-9-33(6)24(32(23,5)15-22(17-36)27(29)41)14-26(40)35(43)25-16-31(4,28(42)37-18-21-19-38-39-20-21)11-10-30(25,3)12-13-34(33,35)7/h14-15,19-20,23,25,43H,8-13,16,18H2,1-7H3,(H,37,42)(H,38,39). The number of allylic oxidation sites excluding steroid dienone is 3. The van der Waals surface area contributed by atoms with E-state index in [1.807, 2.05) is 26.8 Å². The summed E-state index contributed by atoms with van der Waals surface area (Å²) in [4.78, 5) is 41.6. The third-order valence-corrected chi connectivity index (χ3v) is 13.8. The first-order valence-corrected chi connectivity index (χ1v) is 15.9. The number of aliphatic hydroxyl groups is 1. The molecule has 8 unspecified atom stereocenters. The highest BCUT2D eigenvalue weighted by Crippen LogP contribution is 2.75. The first kappa shape index (κ1) is 30.0. The number of H-pyrrole nitrogens is 1. The van der Waals surface area contributed by atoms with Gasteiger partial charge in [0.25, 0.3) is 0 Å². The molecule has 0 saturated heterocycles. The molecule has 8 nitrogen and oxygen atoms in total. The van der Waals surface area contributed by atoms with Gasteiger partial charge in [-0.25, -0.2) is 0 Å². The molecule has 1 aromatic rings. The van der Waals surface area contributed by atoms with Crippen LogP contribution in [0.5, 0.6) is 0 Å². The maximum Gasteiger partial charge on any atom is 0.226 e. The molecule has 8 heteroatoms. The Labute approximate surface area is 254 Å². The maximum atomic E-state index is 14.6. The molecule has 3 N–H and O–H groups in total. The van der Waals surface area contributed by atoms with Gasteiger partial charge in [-0.15, -0.1) is 0 Å². The lowest BCUT2D eigenvalue weighted by Gasteiger charge is -2.71. The largest absolute Gasteiger partial charge is 0.381 e. The summed E-state index contributed by atoms with van der Waals surface area (Å²) in [7, 11) is 0. The number of Topliss-reactive ketones (excluding diaryl/α,β-unsaturated/α-hetero) is 1. The van der Waals surface area contributed by atoms with Crippen LogP contribution in [0.25, 0.3) is 0 Å². The molecule has 3 saturated carbocycles. The lowest BCUT2D eigenvalue weighted by molar-refractivity contribution is -0.242. The first-order chi connectivity index (χ1) is 19.9. The van der Waals surface area contributed by atoms with Crippen molar-refractivity contribution in [1.82, 2.24) is 15.5 Å². The molecule has 1 heterocycles. The van der Waals surface area contributed by atoms with Crippen molar-refractivity contribution in [2.45, 2.75) is 106 Å². The number of amides is 1. The Morgan fingerprint density at radius 1 is 1.07 bits per heavy atom. The van der Waals surface area contributed by atoms with Gasteiger partial charge in [0, 0.05) is 45.9 Å². The second kappa shape index (κ2) is 9.00. The van der Waals surface area contributed by atoms with Crippen LogP contribution in [-0.2, 0) is 20.9 Å². The molecule has 0 bridgehead atoms. The summed E-state index contributed by atoms with van der Waals surface area (Å²) in [6.07, 6.45) is 11.9. The maximum absolute atomic E-state index is 14.6. The van der Waals surface area contributed by atoms with Gasteiger partial charge in [-0.2, -0.15) is 10.4 Å². The van der Waals surface area contributed by atoms with Crippen LogP contribution in [0.1, 0.15) is 99.0 Å². The second-order valence-corrected chi connectivity index (χ2v) is 16.2. The van der Waals surface area contributed by atoms with Gasteiger partial charge in [-0.3, -0.25) is 19.5 Å². The molecule has 43 heavy (non-hydrogen) atoms. The normalized spacial score (nSPS) is 44.9. The number of carbonyl (C=O) groups excluding carboxylic acids is 3. The van der Waals surface area contributed by atoms with Crippen LogP contribution in [-0.4, -0.2) is 38.4 Å². The molecular formula is C35H46N4O4. The van der Waals surface area contributed by atoms with Crippen LogP contribution in [0.15, 0.2) is 35.7 Å². The Kier molecular flexibility index (Phi) is 6.28. The van der Waals surface area contributed by atoms with Gasteiger partial charge in [-0.1, -0.05) is 54.5 Å². The minimum atomic E-state index is -1.64. The van der Waals surface area contributed by atoms with Crippen LogP contribution >= 0.6 is 0 Å². The SMILES string of the molecule is CC1(C(=O)NCc2cn[nH]c2)CCC2(C)CCC3(C)C4(C)CCC5C(C)(C)C(=O)C(C#N)=CC5(C)C4=CC(=O)C3(O)C2C1. The topological polar surface area (TPSA) is 136 Å². The molecule has 0 spiro atoms. The number of nitrogens with one attached hydrogen (secondary N) is 2.